The zero-order chi connectivity index (χ0) is 9.26. The maximum atomic E-state index is 5.88. The number of hydrogen-bond acceptors (Lipinski definition) is 3. The molecule has 0 aliphatic rings. The number of halogens is 1. The lowest BCUT2D eigenvalue weighted by atomic mass is 10.3. The molecule has 68 valence electrons. The van der Waals surface area contributed by atoms with Gasteiger partial charge in [0, 0.05) is 0 Å². The van der Waals surface area contributed by atoms with Gasteiger partial charge in [-0.3, -0.25) is 0 Å². The van der Waals surface area contributed by atoms with Crippen LogP contribution < -0.4 is 4.74 Å². The Morgan fingerprint density at radius 3 is 3.08 bits per heavy atom. The largest absolute Gasteiger partial charge is 0.450 e. The predicted octanol–water partition coefficient (Wildman–Crippen LogP) is 2.88. The molecule has 4 heteroatoms. The Hall–Kier alpha value is -1.22. The van der Waals surface area contributed by atoms with E-state index in [2.05, 4.69) is 4.98 Å². The Bertz CT molecular complexity index is 424. The van der Waals surface area contributed by atoms with Gasteiger partial charge in [0.1, 0.15) is 5.52 Å². The highest BCUT2D eigenvalue weighted by Gasteiger charge is 2.08. The number of rotatable bonds is 2. The van der Waals surface area contributed by atoms with Crippen LogP contribution in [-0.4, -0.2) is 11.6 Å². The Balaban J connectivity index is 2.55. The lowest BCUT2D eigenvalue weighted by molar-refractivity contribution is 0.251. The zero-order valence-electron chi connectivity index (χ0n) is 7.08. The van der Waals surface area contributed by atoms with Gasteiger partial charge >= 0.3 is 6.08 Å². The summed E-state index contributed by atoms with van der Waals surface area (Å²) in [7, 11) is 0. The van der Waals surface area contributed by atoms with Gasteiger partial charge in [-0.2, -0.15) is 4.98 Å². The number of hydrogen-bond donors (Lipinski definition) is 0. The van der Waals surface area contributed by atoms with E-state index in [1.165, 1.54) is 0 Å². The summed E-state index contributed by atoms with van der Waals surface area (Å²) in [6, 6.07) is 5.40. The van der Waals surface area contributed by atoms with E-state index >= 15 is 0 Å². The third-order valence-electron chi connectivity index (χ3n) is 1.62. The topological polar surface area (TPSA) is 35.3 Å². The second-order valence-corrected chi connectivity index (χ2v) is 2.91. The van der Waals surface area contributed by atoms with E-state index in [0.717, 1.165) is 5.52 Å². The van der Waals surface area contributed by atoms with Crippen molar-refractivity contribution in [1.29, 1.82) is 0 Å². The van der Waals surface area contributed by atoms with E-state index in [-0.39, 0.29) is 6.08 Å². The second-order valence-electron chi connectivity index (χ2n) is 2.50. The first-order chi connectivity index (χ1) is 6.31. The number of aromatic nitrogens is 1. The minimum absolute atomic E-state index is 0.269. The van der Waals surface area contributed by atoms with Crippen LogP contribution in [-0.2, 0) is 0 Å². The molecule has 2 aromatic rings. The van der Waals surface area contributed by atoms with Gasteiger partial charge < -0.3 is 9.15 Å². The zero-order valence-corrected chi connectivity index (χ0v) is 7.84. The fourth-order valence-electron chi connectivity index (χ4n) is 1.08. The van der Waals surface area contributed by atoms with Crippen molar-refractivity contribution in [3.63, 3.8) is 0 Å². The molecule has 0 fully saturated rings. The van der Waals surface area contributed by atoms with Crippen molar-refractivity contribution in [2.45, 2.75) is 6.92 Å². The third-order valence-corrected chi connectivity index (χ3v) is 1.91. The highest BCUT2D eigenvalue weighted by molar-refractivity contribution is 6.34. The van der Waals surface area contributed by atoms with E-state index in [4.69, 9.17) is 20.8 Å². The number of nitrogens with zero attached hydrogens (tertiary/aromatic N) is 1. The molecule has 0 aliphatic carbocycles. The average molecular weight is 198 g/mol. The molecule has 0 aliphatic heterocycles. The maximum Gasteiger partial charge on any atom is 0.394 e. The van der Waals surface area contributed by atoms with Crippen molar-refractivity contribution in [3.8, 4) is 6.08 Å². The number of para-hydroxylation sites is 1. The van der Waals surface area contributed by atoms with Gasteiger partial charge in [0.15, 0.2) is 5.58 Å². The van der Waals surface area contributed by atoms with Gasteiger partial charge in [-0.1, -0.05) is 17.7 Å². The van der Waals surface area contributed by atoms with Crippen LogP contribution in [0.1, 0.15) is 6.92 Å². The summed E-state index contributed by atoms with van der Waals surface area (Å²) in [5, 5.41) is 0.552. The molecule has 0 saturated carbocycles. The Kier molecular flexibility index (Phi) is 2.10. The van der Waals surface area contributed by atoms with Gasteiger partial charge in [-0.15, -0.1) is 0 Å². The number of fused-ring (bicyclic) bond motifs is 1. The monoisotopic (exact) mass is 197 g/mol. The molecule has 0 atom stereocenters. The molecule has 0 N–H and O–H groups in total. The van der Waals surface area contributed by atoms with E-state index in [1.807, 2.05) is 19.1 Å². The Labute approximate surface area is 80.3 Å². The number of benzene rings is 1. The Morgan fingerprint density at radius 2 is 2.38 bits per heavy atom. The smallest absolute Gasteiger partial charge is 0.394 e. The molecule has 1 aromatic heterocycles. The lowest BCUT2D eigenvalue weighted by Gasteiger charge is -1.91. The van der Waals surface area contributed by atoms with Crippen LogP contribution in [0.25, 0.3) is 11.1 Å². The molecule has 0 saturated heterocycles. The minimum atomic E-state index is 0.269. The molecule has 1 heterocycles. The van der Waals surface area contributed by atoms with Crippen molar-refractivity contribution in [2.75, 3.05) is 6.61 Å². The van der Waals surface area contributed by atoms with Crippen LogP contribution >= 0.6 is 11.6 Å². The van der Waals surface area contributed by atoms with E-state index in [9.17, 15) is 0 Å². The normalized spacial score (nSPS) is 10.6. The van der Waals surface area contributed by atoms with Crippen molar-refractivity contribution < 1.29 is 9.15 Å². The summed E-state index contributed by atoms with van der Waals surface area (Å²) in [6.07, 6.45) is 0.269. The van der Waals surface area contributed by atoms with Gasteiger partial charge in [0.05, 0.1) is 11.6 Å². The van der Waals surface area contributed by atoms with Crippen molar-refractivity contribution in [3.05, 3.63) is 23.2 Å². The number of ether oxygens (including phenoxy) is 1. The first-order valence-electron chi connectivity index (χ1n) is 3.99. The summed E-state index contributed by atoms with van der Waals surface area (Å²) < 4.78 is 10.4. The Morgan fingerprint density at radius 1 is 1.54 bits per heavy atom. The van der Waals surface area contributed by atoms with Crippen molar-refractivity contribution >= 4 is 22.7 Å². The summed E-state index contributed by atoms with van der Waals surface area (Å²) in [5.41, 5.74) is 1.29. The summed E-state index contributed by atoms with van der Waals surface area (Å²) >= 11 is 5.88. The SMILES string of the molecule is CCOc1nc2cccc(Cl)c2o1. The fraction of sp³-hybridized carbons (Fsp3) is 0.222. The molecular weight excluding hydrogens is 190 g/mol. The summed E-state index contributed by atoms with van der Waals surface area (Å²) in [5.74, 6) is 0. The molecule has 0 spiro atoms. The molecule has 0 bridgehead atoms. The predicted molar refractivity (Wildman–Crippen MR) is 50.2 cm³/mol. The summed E-state index contributed by atoms with van der Waals surface area (Å²) in [4.78, 5) is 4.09. The molecule has 0 radical (unpaired) electrons. The van der Waals surface area contributed by atoms with Crippen LogP contribution in [0.3, 0.4) is 0 Å². The van der Waals surface area contributed by atoms with Gasteiger partial charge in [0.2, 0.25) is 0 Å². The van der Waals surface area contributed by atoms with Crippen LogP contribution in [0.5, 0.6) is 6.08 Å². The molecule has 0 unspecified atom stereocenters. The fourth-order valence-corrected chi connectivity index (χ4v) is 1.29. The van der Waals surface area contributed by atoms with Crippen LogP contribution in [0.2, 0.25) is 5.02 Å². The highest BCUT2D eigenvalue weighted by Crippen LogP contribution is 2.26. The number of oxazole rings is 1. The lowest BCUT2D eigenvalue weighted by Crippen LogP contribution is -1.89. The van der Waals surface area contributed by atoms with E-state index in [0.29, 0.717) is 17.2 Å². The molecule has 13 heavy (non-hydrogen) atoms. The second kappa shape index (κ2) is 3.26. The highest BCUT2D eigenvalue weighted by atomic mass is 35.5. The van der Waals surface area contributed by atoms with E-state index in [1.54, 1.807) is 6.07 Å². The molecule has 3 nitrogen and oxygen atoms in total. The quantitative estimate of drug-likeness (QED) is 0.743. The first-order valence-corrected chi connectivity index (χ1v) is 4.37. The first kappa shape index (κ1) is 8.38. The molecule has 1 aromatic carbocycles. The maximum absolute atomic E-state index is 5.88. The van der Waals surface area contributed by atoms with Crippen LogP contribution in [0, 0.1) is 0 Å². The van der Waals surface area contributed by atoms with Gasteiger partial charge in [-0.05, 0) is 19.1 Å². The summed E-state index contributed by atoms with van der Waals surface area (Å²) in [6.45, 7) is 2.40. The van der Waals surface area contributed by atoms with E-state index < -0.39 is 0 Å². The third kappa shape index (κ3) is 1.47. The minimum Gasteiger partial charge on any atom is -0.450 e. The van der Waals surface area contributed by atoms with Crippen molar-refractivity contribution in [2.24, 2.45) is 0 Å². The molecule has 0 amide bonds. The van der Waals surface area contributed by atoms with Crippen LogP contribution in [0.4, 0.5) is 0 Å². The van der Waals surface area contributed by atoms with Gasteiger partial charge in [0.25, 0.3) is 0 Å². The van der Waals surface area contributed by atoms with Crippen molar-refractivity contribution in [1.82, 2.24) is 4.98 Å². The van der Waals surface area contributed by atoms with Crippen LogP contribution in [0.15, 0.2) is 22.6 Å². The standard InChI is InChI=1S/C9H8ClNO2/c1-2-12-9-11-7-5-3-4-6(10)8(7)13-9/h3-5H,2H2,1H3. The molecular formula is C9H8ClNO2. The van der Waals surface area contributed by atoms with Gasteiger partial charge in [-0.25, -0.2) is 0 Å². The average Bonchev–Trinajstić information content (AvgIpc) is 2.49. The molecule has 2 rings (SSSR count).